The third kappa shape index (κ3) is 5.58. The van der Waals surface area contributed by atoms with Gasteiger partial charge in [0.05, 0.1) is 23.2 Å². The predicted molar refractivity (Wildman–Crippen MR) is 90.3 cm³/mol. The lowest BCUT2D eigenvalue weighted by atomic mass is 10.1. The van der Waals surface area contributed by atoms with Gasteiger partial charge >= 0.3 is 5.97 Å². The van der Waals surface area contributed by atoms with Crippen molar-refractivity contribution in [3.8, 4) is 0 Å². The molecule has 1 aromatic rings. The Balaban J connectivity index is 1.90. The van der Waals surface area contributed by atoms with Gasteiger partial charge in [-0.2, -0.15) is 0 Å². The molecule has 134 valence electrons. The van der Waals surface area contributed by atoms with E-state index in [1.165, 1.54) is 24.3 Å². The van der Waals surface area contributed by atoms with Crippen molar-refractivity contribution in [2.45, 2.75) is 44.1 Å². The lowest BCUT2D eigenvalue weighted by Crippen LogP contribution is -2.31. The maximum Gasteiger partial charge on any atom is 0.338 e. The van der Waals surface area contributed by atoms with E-state index in [0.29, 0.717) is 24.7 Å². The summed E-state index contributed by atoms with van der Waals surface area (Å²) >= 11 is 0. The Hall–Kier alpha value is -1.44. The quantitative estimate of drug-likeness (QED) is 0.724. The minimum absolute atomic E-state index is 0.0602. The summed E-state index contributed by atoms with van der Waals surface area (Å²) in [5.74, 6) is 0.0205. The van der Waals surface area contributed by atoms with Crippen molar-refractivity contribution in [1.29, 1.82) is 0 Å². The van der Waals surface area contributed by atoms with Gasteiger partial charge < -0.3 is 9.47 Å². The first kappa shape index (κ1) is 18.9. The highest BCUT2D eigenvalue weighted by Gasteiger charge is 2.20. The van der Waals surface area contributed by atoms with Crippen LogP contribution in [0, 0.1) is 5.92 Å². The number of ether oxygens (including phenoxy) is 2. The van der Waals surface area contributed by atoms with Crippen LogP contribution < -0.4 is 4.72 Å². The molecule has 6 nitrogen and oxygen atoms in total. The zero-order chi connectivity index (χ0) is 17.6. The van der Waals surface area contributed by atoms with Gasteiger partial charge in [-0.1, -0.05) is 13.8 Å². The number of carbonyl (C=O) groups excluding carboxylic acids is 1. The molecule has 1 aromatic carbocycles. The molecule has 0 aromatic heterocycles. The zero-order valence-electron chi connectivity index (χ0n) is 14.2. The van der Waals surface area contributed by atoms with Gasteiger partial charge in [0, 0.05) is 13.2 Å². The van der Waals surface area contributed by atoms with Crippen molar-refractivity contribution < 1.29 is 22.7 Å². The fraction of sp³-hybridized carbons (Fsp3) is 0.588. The maximum absolute atomic E-state index is 12.2. The van der Waals surface area contributed by atoms with Gasteiger partial charge in [0.1, 0.15) is 0 Å². The number of benzene rings is 1. The van der Waals surface area contributed by atoms with Crippen LogP contribution in [0.15, 0.2) is 29.2 Å². The van der Waals surface area contributed by atoms with E-state index in [4.69, 9.17) is 9.47 Å². The molecule has 24 heavy (non-hydrogen) atoms. The second-order valence-corrected chi connectivity index (χ2v) is 8.10. The van der Waals surface area contributed by atoms with Gasteiger partial charge in [0.15, 0.2) is 0 Å². The normalized spacial score (nSPS) is 18.0. The summed E-state index contributed by atoms with van der Waals surface area (Å²) in [6.45, 7) is 5.41. The van der Waals surface area contributed by atoms with Gasteiger partial charge in [-0.25, -0.2) is 17.9 Å². The van der Waals surface area contributed by atoms with E-state index in [-0.39, 0.29) is 17.5 Å². The Morgan fingerprint density at radius 2 is 2.04 bits per heavy atom. The Labute approximate surface area is 143 Å². The average Bonchev–Trinajstić information content (AvgIpc) is 3.06. The summed E-state index contributed by atoms with van der Waals surface area (Å²) in [6, 6.07) is 5.77. The highest BCUT2D eigenvalue weighted by molar-refractivity contribution is 7.89. The molecule has 0 spiro atoms. The first-order valence-corrected chi connectivity index (χ1v) is 9.75. The summed E-state index contributed by atoms with van der Waals surface area (Å²) < 4.78 is 37.6. The minimum atomic E-state index is -3.60. The molecule has 1 aliphatic heterocycles. The SMILES string of the molecule is CC(C)CCOC(=O)c1ccc(S(=O)(=O)NCC2CCCO2)cc1. The molecule has 0 radical (unpaired) electrons. The summed E-state index contributed by atoms with van der Waals surface area (Å²) in [6.07, 6.45) is 2.56. The molecular formula is C17H25NO5S. The van der Waals surface area contributed by atoms with Gasteiger partial charge in [-0.3, -0.25) is 0 Å². The standard InChI is InChI=1S/C17H25NO5S/c1-13(2)9-11-23-17(19)14-5-7-16(8-6-14)24(20,21)18-12-15-4-3-10-22-15/h5-8,13,15,18H,3-4,9-12H2,1-2H3. The zero-order valence-corrected chi connectivity index (χ0v) is 15.0. The summed E-state index contributed by atoms with van der Waals surface area (Å²) in [5, 5.41) is 0. The third-order valence-corrected chi connectivity index (χ3v) is 5.29. The van der Waals surface area contributed by atoms with Crippen molar-refractivity contribution in [3.05, 3.63) is 29.8 Å². The highest BCUT2D eigenvalue weighted by Crippen LogP contribution is 2.14. The topological polar surface area (TPSA) is 81.7 Å². The molecule has 0 bridgehead atoms. The highest BCUT2D eigenvalue weighted by atomic mass is 32.2. The van der Waals surface area contributed by atoms with Crippen molar-refractivity contribution in [3.63, 3.8) is 0 Å². The van der Waals surface area contributed by atoms with Gasteiger partial charge in [-0.05, 0) is 49.4 Å². The van der Waals surface area contributed by atoms with Crippen LogP contribution in [0.2, 0.25) is 0 Å². The van der Waals surface area contributed by atoms with Crippen LogP contribution in [0.3, 0.4) is 0 Å². The van der Waals surface area contributed by atoms with Crippen LogP contribution in [-0.4, -0.2) is 40.2 Å². The van der Waals surface area contributed by atoms with Crippen LogP contribution in [-0.2, 0) is 19.5 Å². The number of carbonyl (C=O) groups is 1. The Kier molecular flexibility index (Phi) is 6.77. The van der Waals surface area contributed by atoms with Crippen LogP contribution >= 0.6 is 0 Å². The number of rotatable bonds is 8. The lowest BCUT2D eigenvalue weighted by Gasteiger charge is -2.12. The molecule has 1 atom stereocenters. The first-order valence-electron chi connectivity index (χ1n) is 8.27. The molecule has 1 fully saturated rings. The Morgan fingerprint density at radius 3 is 2.62 bits per heavy atom. The van der Waals surface area contributed by atoms with E-state index in [0.717, 1.165) is 19.3 Å². The van der Waals surface area contributed by atoms with Crippen molar-refractivity contribution in [1.82, 2.24) is 4.72 Å². The molecule has 1 aliphatic rings. The molecule has 0 amide bonds. The van der Waals surface area contributed by atoms with Crippen LogP contribution in [0.4, 0.5) is 0 Å². The largest absolute Gasteiger partial charge is 0.462 e. The molecule has 0 saturated carbocycles. The molecule has 1 N–H and O–H groups in total. The van der Waals surface area contributed by atoms with Gasteiger partial charge in [-0.15, -0.1) is 0 Å². The second kappa shape index (κ2) is 8.60. The van der Waals surface area contributed by atoms with E-state index < -0.39 is 16.0 Å². The van der Waals surface area contributed by atoms with Crippen molar-refractivity contribution in [2.24, 2.45) is 5.92 Å². The molecule has 7 heteroatoms. The van der Waals surface area contributed by atoms with E-state index in [1.807, 2.05) is 0 Å². The maximum atomic E-state index is 12.2. The van der Waals surface area contributed by atoms with Crippen LogP contribution in [0.5, 0.6) is 0 Å². The molecular weight excluding hydrogens is 330 g/mol. The fourth-order valence-electron chi connectivity index (χ4n) is 2.33. The van der Waals surface area contributed by atoms with Gasteiger partial charge in [0.2, 0.25) is 10.0 Å². The number of hydrogen-bond donors (Lipinski definition) is 1. The summed E-state index contributed by atoms with van der Waals surface area (Å²) in [7, 11) is -3.60. The molecule has 2 rings (SSSR count). The van der Waals surface area contributed by atoms with E-state index in [9.17, 15) is 13.2 Å². The molecule has 1 saturated heterocycles. The first-order chi connectivity index (χ1) is 11.4. The van der Waals surface area contributed by atoms with E-state index in [1.54, 1.807) is 0 Å². The fourth-order valence-corrected chi connectivity index (χ4v) is 3.40. The monoisotopic (exact) mass is 355 g/mol. The van der Waals surface area contributed by atoms with Crippen LogP contribution in [0.25, 0.3) is 0 Å². The number of nitrogens with one attached hydrogen (secondary N) is 1. The van der Waals surface area contributed by atoms with Gasteiger partial charge in [0.25, 0.3) is 0 Å². The number of hydrogen-bond acceptors (Lipinski definition) is 5. The number of esters is 1. The second-order valence-electron chi connectivity index (χ2n) is 6.33. The summed E-state index contributed by atoms with van der Waals surface area (Å²) in [4.78, 5) is 12.0. The smallest absolute Gasteiger partial charge is 0.338 e. The Bertz CT molecular complexity index is 633. The summed E-state index contributed by atoms with van der Waals surface area (Å²) in [5.41, 5.74) is 0.344. The van der Waals surface area contributed by atoms with E-state index >= 15 is 0 Å². The van der Waals surface area contributed by atoms with E-state index in [2.05, 4.69) is 18.6 Å². The Morgan fingerprint density at radius 1 is 1.33 bits per heavy atom. The minimum Gasteiger partial charge on any atom is -0.462 e. The molecule has 0 aliphatic carbocycles. The predicted octanol–water partition coefficient (Wildman–Crippen LogP) is 2.35. The lowest BCUT2D eigenvalue weighted by molar-refractivity contribution is 0.0488. The molecule has 1 unspecified atom stereocenters. The molecule has 1 heterocycles. The average molecular weight is 355 g/mol. The van der Waals surface area contributed by atoms with Crippen LogP contribution in [0.1, 0.15) is 43.5 Å². The number of sulfonamides is 1. The van der Waals surface area contributed by atoms with Crippen molar-refractivity contribution in [2.75, 3.05) is 19.8 Å². The third-order valence-electron chi connectivity index (χ3n) is 3.85. The van der Waals surface area contributed by atoms with Crippen molar-refractivity contribution >= 4 is 16.0 Å².